The zero-order valence-corrected chi connectivity index (χ0v) is 18.8. The molecule has 1 amide bonds. The van der Waals surface area contributed by atoms with Crippen molar-refractivity contribution in [1.82, 2.24) is 9.80 Å². The molecule has 2 aliphatic heterocycles. The minimum atomic E-state index is -0.760. The third kappa shape index (κ3) is 4.58. The second-order valence-electron chi connectivity index (χ2n) is 7.92. The number of hydrogen-bond donors (Lipinski definition) is 1. The Labute approximate surface area is 193 Å². The van der Waals surface area contributed by atoms with Crippen LogP contribution in [0.2, 0.25) is 0 Å². The molecule has 0 bridgehead atoms. The van der Waals surface area contributed by atoms with Gasteiger partial charge in [0.15, 0.2) is 0 Å². The molecule has 0 aliphatic carbocycles. The fraction of sp³-hybridized carbons (Fsp3) is 0.360. The number of Topliss-reactive ketones (excluding diaryl/α,β-unsaturated/α-hetero) is 1. The topological polar surface area (TPSA) is 88.5 Å². The van der Waals surface area contributed by atoms with Crippen LogP contribution in [0.4, 0.5) is 0 Å². The Balaban J connectivity index is 1.76. The summed E-state index contributed by atoms with van der Waals surface area (Å²) in [4.78, 5) is 30.0. The molecule has 0 spiro atoms. The van der Waals surface area contributed by atoms with Crippen molar-refractivity contribution in [3.05, 3.63) is 65.2 Å². The smallest absolute Gasteiger partial charge is 0.295 e. The molecular weight excluding hydrogens is 424 g/mol. The Morgan fingerprint density at radius 3 is 2.36 bits per heavy atom. The predicted octanol–water partition coefficient (Wildman–Crippen LogP) is 2.46. The summed E-state index contributed by atoms with van der Waals surface area (Å²) in [6, 6.07) is 13.2. The summed E-state index contributed by atoms with van der Waals surface area (Å²) in [6.45, 7) is 3.78. The van der Waals surface area contributed by atoms with E-state index in [-0.39, 0.29) is 11.3 Å². The highest BCUT2D eigenvalue weighted by molar-refractivity contribution is 6.46. The van der Waals surface area contributed by atoms with E-state index in [1.165, 1.54) is 4.90 Å². The van der Waals surface area contributed by atoms with Gasteiger partial charge in [0, 0.05) is 37.3 Å². The number of para-hydroxylation sites is 1. The molecule has 0 aromatic heterocycles. The van der Waals surface area contributed by atoms with Crippen molar-refractivity contribution in [2.24, 2.45) is 0 Å². The lowest BCUT2D eigenvalue weighted by molar-refractivity contribution is -0.140. The quantitative estimate of drug-likeness (QED) is 0.392. The van der Waals surface area contributed by atoms with Gasteiger partial charge < -0.3 is 24.2 Å². The summed E-state index contributed by atoms with van der Waals surface area (Å²) >= 11 is 0. The van der Waals surface area contributed by atoms with Crippen molar-refractivity contribution in [3.63, 3.8) is 0 Å². The van der Waals surface area contributed by atoms with Crippen molar-refractivity contribution in [3.8, 4) is 11.5 Å². The molecule has 8 heteroatoms. The Morgan fingerprint density at radius 2 is 1.70 bits per heavy atom. The SMILES string of the molecule is COc1ccc(/C(O)=C2/C(=O)C(=O)N(CCN3CCOCC3)C2c2ccccc2OC)cc1. The van der Waals surface area contributed by atoms with Crippen molar-refractivity contribution < 1.29 is 28.9 Å². The van der Waals surface area contributed by atoms with Crippen LogP contribution in [0.15, 0.2) is 54.1 Å². The van der Waals surface area contributed by atoms with Gasteiger partial charge in [-0.15, -0.1) is 0 Å². The maximum Gasteiger partial charge on any atom is 0.295 e. The Kier molecular flexibility index (Phi) is 6.96. The van der Waals surface area contributed by atoms with E-state index in [4.69, 9.17) is 14.2 Å². The van der Waals surface area contributed by atoms with Gasteiger partial charge in [-0.1, -0.05) is 18.2 Å². The van der Waals surface area contributed by atoms with E-state index in [9.17, 15) is 14.7 Å². The number of morpholine rings is 1. The number of rotatable bonds is 7. The molecule has 1 N–H and O–H groups in total. The van der Waals surface area contributed by atoms with Crippen LogP contribution in [0.3, 0.4) is 0 Å². The molecule has 8 nitrogen and oxygen atoms in total. The molecule has 0 saturated carbocycles. The maximum atomic E-state index is 13.2. The highest BCUT2D eigenvalue weighted by Gasteiger charge is 2.47. The molecular formula is C25H28N2O6. The van der Waals surface area contributed by atoms with Gasteiger partial charge in [0.25, 0.3) is 11.7 Å². The molecule has 2 saturated heterocycles. The number of aliphatic hydroxyl groups excluding tert-OH is 1. The van der Waals surface area contributed by atoms with E-state index in [1.807, 2.05) is 18.2 Å². The summed E-state index contributed by atoms with van der Waals surface area (Å²) in [7, 11) is 3.10. The van der Waals surface area contributed by atoms with E-state index in [0.29, 0.717) is 48.9 Å². The first-order valence-electron chi connectivity index (χ1n) is 10.9. The minimum absolute atomic E-state index is 0.0524. The van der Waals surface area contributed by atoms with Crippen LogP contribution < -0.4 is 9.47 Å². The van der Waals surface area contributed by atoms with Gasteiger partial charge in [0.2, 0.25) is 0 Å². The van der Waals surface area contributed by atoms with Gasteiger partial charge in [0.1, 0.15) is 17.3 Å². The molecule has 2 heterocycles. The number of nitrogens with zero attached hydrogens (tertiary/aromatic N) is 2. The zero-order chi connectivity index (χ0) is 23.4. The normalized spacial score (nSPS) is 20.8. The van der Waals surface area contributed by atoms with Crippen molar-refractivity contribution in [2.75, 3.05) is 53.6 Å². The Bertz CT molecular complexity index is 1040. The number of methoxy groups -OCH3 is 2. The number of carbonyl (C=O) groups excluding carboxylic acids is 2. The number of ether oxygens (including phenoxy) is 3. The van der Waals surface area contributed by atoms with E-state index >= 15 is 0 Å². The van der Waals surface area contributed by atoms with Crippen LogP contribution in [0.5, 0.6) is 11.5 Å². The molecule has 0 radical (unpaired) electrons. The summed E-state index contributed by atoms with van der Waals surface area (Å²) in [5, 5.41) is 11.2. The average Bonchev–Trinajstić information content (AvgIpc) is 3.12. The molecule has 2 aromatic rings. The van der Waals surface area contributed by atoms with Crippen LogP contribution in [-0.4, -0.2) is 80.2 Å². The summed E-state index contributed by atoms with van der Waals surface area (Å²) in [5.74, 6) is -0.392. The molecule has 2 fully saturated rings. The molecule has 2 aromatic carbocycles. The van der Waals surface area contributed by atoms with Gasteiger partial charge in [-0.25, -0.2) is 0 Å². The fourth-order valence-electron chi connectivity index (χ4n) is 4.30. The van der Waals surface area contributed by atoms with E-state index in [0.717, 1.165) is 13.1 Å². The van der Waals surface area contributed by atoms with Crippen molar-refractivity contribution in [2.45, 2.75) is 6.04 Å². The maximum absolute atomic E-state index is 13.2. The van der Waals surface area contributed by atoms with Crippen LogP contribution in [0, 0.1) is 0 Å². The molecule has 4 rings (SSSR count). The fourth-order valence-corrected chi connectivity index (χ4v) is 4.30. The second kappa shape index (κ2) is 10.1. The first-order valence-corrected chi connectivity index (χ1v) is 10.9. The lowest BCUT2D eigenvalue weighted by Crippen LogP contribution is -2.42. The lowest BCUT2D eigenvalue weighted by atomic mass is 9.94. The van der Waals surface area contributed by atoms with E-state index in [1.54, 1.807) is 44.6 Å². The molecule has 1 unspecified atom stereocenters. The minimum Gasteiger partial charge on any atom is -0.507 e. The van der Waals surface area contributed by atoms with Gasteiger partial charge in [-0.05, 0) is 30.3 Å². The van der Waals surface area contributed by atoms with Crippen LogP contribution in [-0.2, 0) is 14.3 Å². The second-order valence-corrected chi connectivity index (χ2v) is 7.92. The number of carbonyl (C=O) groups is 2. The van der Waals surface area contributed by atoms with E-state index in [2.05, 4.69) is 4.90 Å². The number of benzene rings is 2. The zero-order valence-electron chi connectivity index (χ0n) is 18.8. The van der Waals surface area contributed by atoms with Gasteiger partial charge >= 0.3 is 0 Å². The molecule has 2 aliphatic rings. The van der Waals surface area contributed by atoms with Crippen molar-refractivity contribution in [1.29, 1.82) is 0 Å². The van der Waals surface area contributed by atoms with Gasteiger partial charge in [-0.3, -0.25) is 14.5 Å². The average molecular weight is 453 g/mol. The molecule has 33 heavy (non-hydrogen) atoms. The molecule has 174 valence electrons. The predicted molar refractivity (Wildman–Crippen MR) is 122 cm³/mol. The van der Waals surface area contributed by atoms with Gasteiger partial charge in [-0.2, -0.15) is 0 Å². The number of hydrogen-bond acceptors (Lipinski definition) is 7. The number of aliphatic hydroxyl groups is 1. The summed E-state index contributed by atoms with van der Waals surface area (Å²) in [5.41, 5.74) is 1.13. The third-order valence-electron chi connectivity index (χ3n) is 6.10. The third-order valence-corrected chi connectivity index (χ3v) is 6.10. The summed E-state index contributed by atoms with van der Waals surface area (Å²) < 4.78 is 16.1. The standard InChI is InChI=1S/C25H28N2O6/c1-31-18-9-7-17(8-10-18)23(28)21-22(19-5-3-4-6-20(19)32-2)27(25(30)24(21)29)12-11-26-13-15-33-16-14-26/h3-10,22,28H,11-16H2,1-2H3/b23-21-. The lowest BCUT2D eigenvalue weighted by Gasteiger charge is -2.31. The Morgan fingerprint density at radius 1 is 1.00 bits per heavy atom. The number of ketones is 1. The molecule has 1 atom stereocenters. The van der Waals surface area contributed by atoms with E-state index < -0.39 is 17.7 Å². The highest BCUT2D eigenvalue weighted by Crippen LogP contribution is 2.42. The number of amides is 1. The Hall–Kier alpha value is -3.36. The highest BCUT2D eigenvalue weighted by atomic mass is 16.5. The number of likely N-dealkylation sites (tertiary alicyclic amines) is 1. The van der Waals surface area contributed by atoms with Crippen LogP contribution >= 0.6 is 0 Å². The van der Waals surface area contributed by atoms with Crippen LogP contribution in [0.25, 0.3) is 5.76 Å². The first-order chi connectivity index (χ1) is 16.0. The van der Waals surface area contributed by atoms with Crippen molar-refractivity contribution >= 4 is 17.4 Å². The summed E-state index contributed by atoms with van der Waals surface area (Å²) in [6.07, 6.45) is 0. The largest absolute Gasteiger partial charge is 0.507 e. The van der Waals surface area contributed by atoms with Crippen LogP contribution in [0.1, 0.15) is 17.2 Å². The monoisotopic (exact) mass is 452 g/mol. The van der Waals surface area contributed by atoms with Gasteiger partial charge in [0.05, 0.1) is 39.0 Å². The first kappa shape index (κ1) is 22.8.